The molecule has 0 aliphatic carbocycles. The monoisotopic (exact) mass is 292 g/mol. The fourth-order valence-corrected chi connectivity index (χ4v) is 2.68. The van der Waals surface area contributed by atoms with Crippen LogP contribution in [0.2, 0.25) is 0 Å². The van der Waals surface area contributed by atoms with Gasteiger partial charge in [-0.15, -0.1) is 0 Å². The Bertz CT molecular complexity index is 584. The fraction of sp³-hybridized carbons (Fsp3) is 0.286. The average Bonchev–Trinajstić information content (AvgIpc) is 2.90. The highest BCUT2D eigenvalue weighted by molar-refractivity contribution is 7.07. The van der Waals surface area contributed by atoms with Gasteiger partial charge in [-0.1, -0.05) is 0 Å². The number of methoxy groups -OCH3 is 1. The Hall–Kier alpha value is -2.08. The number of anilines is 1. The number of hydrogen-bond donors (Lipinski definition) is 1. The molecule has 0 radical (unpaired) electrons. The van der Waals surface area contributed by atoms with Crippen LogP contribution in [0, 0.1) is 10.1 Å². The van der Waals surface area contributed by atoms with Gasteiger partial charge in [0, 0.05) is 18.2 Å². The molecule has 0 fully saturated rings. The highest BCUT2D eigenvalue weighted by Crippen LogP contribution is 2.29. The van der Waals surface area contributed by atoms with Crippen molar-refractivity contribution in [2.45, 2.75) is 19.4 Å². The van der Waals surface area contributed by atoms with E-state index in [0.717, 1.165) is 6.42 Å². The molecule has 5 nitrogen and oxygen atoms in total. The van der Waals surface area contributed by atoms with Crippen molar-refractivity contribution in [3.05, 3.63) is 50.7 Å². The predicted octanol–water partition coefficient (Wildman–Crippen LogP) is 3.71. The lowest BCUT2D eigenvalue weighted by molar-refractivity contribution is -0.384. The number of hydrogen-bond acceptors (Lipinski definition) is 5. The Labute approximate surface area is 121 Å². The maximum atomic E-state index is 11.0. The Morgan fingerprint density at radius 2 is 2.25 bits per heavy atom. The summed E-state index contributed by atoms with van der Waals surface area (Å²) in [6.07, 6.45) is 0.817. The van der Waals surface area contributed by atoms with E-state index in [2.05, 4.69) is 16.8 Å². The summed E-state index contributed by atoms with van der Waals surface area (Å²) in [5, 5.41) is 18.3. The first-order valence-electron chi connectivity index (χ1n) is 6.20. The minimum absolute atomic E-state index is 0.0583. The second-order valence-corrected chi connectivity index (χ2v) is 5.30. The molecule has 1 heterocycles. The third kappa shape index (κ3) is 3.48. The quantitative estimate of drug-likeness (QED) is 0.651. The summed E-state index contributed by atoms with van der Waals surface area (Å²) in [5.74, 6) is 0.598. The first-order chi connectivity index (χ1) is 9.60. The summed E-state index contributed by atoms with van der Waals surface area (Å²) >= 11 is 1.65. The largest absolute Gasteiger partial charge is 0.497 e. The van der Waals surface area contributed by atoms with Crippen molar-refractivity contribution in [2.24, 2.45) is 0 Å². The zero-order valence-electron chi connectivity index (χ0n) is 11.3. The van der Waals surface area contributed by atoms with E-state index in [1.54, 1.807) is 30.6 Å². The van der Waals surface area contributed by atoms with E-state index in [-0.39, 0.29) is 16.7 Å². The summed E-state index contributed by atoms with van der Waals surface area (Å²) in [6, 6.07) is 6.85. The van der Waals surface area contributed by atoms with Gasteiger partial charge < -0.3 is 10.1 Å². The summed E-state index contributed by atoms with van der Waals surface area (Å²) < 4.78 is 5.12. The zero-order chi connectivity index (χ0) is 14.5. The molecule has 2 aromatic rings. The van der Waals surface area contributed by atoms with Gasteiger partial charge in [-0.3, -0.25) is 10.1 Å². The third-order valence-corrected chi connectivity index (χ3v) is 3.66. The summed E-state index contributed by atoms with van der Waals surface area (Å²) in [7, 11) is 1.54. The molecule has 1 aromatic carbocycles. The van der Waals surface area contributed by atoms with Crippen LogP contribution in [0.15, 0.2) is 35.0 Å². The van der Waals surface area contributed by atoms with E-state index in [1.807, 2.05) is 12.3 Å². The van der Waals surface area contributed by atoms with Crippen LogP contribution in [0.1, 0.15) is 12.5 Å². The SMILES string of the molecule is COc1ccc([N+](=O)[O-])c(NC(C)Cc2ccsc2)c1. The zero-order valence-corrected chi connectivity index (χ0v) is 12.1. The Kier molecular flexibility index (Phi) is 4.57. The van der Waals surface area contributed by atoms with Gasteiger partial charge in [0.2, 0.25) is 0 Å². The van der Waals surface area contributed by atoms with Gasteiger partial charge in [0.05, 0.1) is 12.0 Å². The highest BCUT2D eigenvalue weighted by Gasteiger charge is 2.16. The number of nitro groups is 1. The van der Waals surface area contributed by atoms with Crippen molar-refractivity contribution in [1.82, 2.24) is 0 Å². The molecule has 2 rings (SSSR count). The third-order valence-electron chi connectivity index (χ3n) is 2.92. The van der Waals surface area contributed by atoms with Crippen molar-refractivity contribution < 1.29 is 9.66 Å². The van der Waals surface area contributed by atoms with Crippen molar-refractivity contribution >= 4 is 22.7 Å². The maximum absolute atomic E-state index is 11.0. The molecule has 20 heavy (non-hydrogen) atoms. The number of nitrogens with one attached hydrogen (secondary N) is 1. The highest BCUT2D eigenvalue weighted by atomic mass is 32.1. The van der Waals surface area contributed by atoms with Gasteiger partial charge in [0.25, 0.3) is 5.69 Å². The Morgan fingerprint density at radius 3 is 2.85 bits per heavy atom. The molecule has 0 aliphatic heterocycles. The number of thiophene rings is 1. The molecule has 1 unspecified atom stereocenters. The van der Waals surface area contributed by atoms with E-state index >= 15 is 0 Å². The fourth-order valence-electron chi connectivity index (χ4n) is 2.00. The normalized spacial score (nSPS) is 11.9. The van der Waals surface area contributed by atoms with Crippen molar-refractivity contribution in [3.63, 3.8) is 0 Å². The molecule has 1 atom stereocenters. The van der Waals surface area contributed by atoms with Crippen LogP contribution in [-0.2, 0) is 6.42 Å². The topological polar surface area (TPSA) is 64.4 Å². The summed E-state index contributed by atoms with van der Waals surface area (Å²) in [5.41, 5.74) is 1.76. The lowest BCUT2D eigenvalue weighted by Crippen LogP contribution is -2.18. The second kappa shape index (κ2) is 6.38. The molecular formula is C14H16N2O3S. The number of nitrogens with zero attached hydrogens (tertiary/aromatic N) is 1. The second-order valence-electron chi connectivity index (χ2n) is 4.52. The molecule has 0 bridgehead atoms. The van der Waals surface area contributed by atoms with Gasteiger partial charge in [0.15, 0.2) is 0 Å². The van der Waals surface area contributed by atoms with Crippen molar-refractivity contribution in [2.75, 3.05) is 12.4 Å². The molecule has 106 valence electrons. The molecule has 0 spiro atoms. The Balaban J connectivity index is 2.16. The van der Waals surface area contributed by atoms with Gasteiger partial charge in [-0.25, -0.2) is 0 Å². The molecule has 0 saturated carbocycles. The van der Waals surface area contributed by atoms with Crippen LogP contribution in [0.25, 0.3) is 0 Å². The van der Waals surface area contributed by atoms with Gasteiger partial charge in [-0.2, -0.15) is 11.3 Å². The van der Waals surface area contributed by atoms with Crippen LogP contribution < -0.4 is 10.1 Å². The van der Waals surface area contributed by atoms with Gasteiger partial charge in [-0.05, 0) is 41.8 Å². The van der Waals surface area contributed by atoms with E-state index in [9.17, 15) is 10.1 Å². The molecule has 0 aliphatic rings. The average molecular weight is 292 g/mol. The molecule has 0 saturated heterocycles. The minimum Gasteiger partial charge on any atom is -0.497 e. The standard InChI is InChI=1S/C14H16N2O3S/c1-10(7-11-5-6-20-9-11)15-13-8-12(19-2)3-4-14(13)16(17)18/h3-6,8-10,15H,7H2,1-2H3. The molecule has 1 aromatic heterocycles. The summed E-state index contributed by atoms with van der Waals surface area (Å²) in [4.78, 5) is 10.7. The van der Waals surface area contributed by atoms with Crippen LogP contribution in [-0.4, -0.2) is 18.1 Å². The lowest BCUT2D eigenvalue weighted by Gasteiger charge is -2.15. The Morgan fingerprint density at radius 1 is 1.45 bits per heavy atom. The first kappa shape index (κ1) is 14.3. The van der Waals surface area contributed by atoms with E-state index in [0.29, 0.717) is 11.4 Å². The molecule has 0 amide bonds. The van der Waals surface area contributed by atoms with E-state index in [4.69, 9.17) is 4.74 Å². The molecule has 1 N–H and O–H groups in total. The van der Waals surface area contributed by atoms with E-state index in [1.165, 1.54) is 11.6 Å². The summed E-state index contributed by atoms with van der Waals surface area (Å²) in [6.45, 7) is 2.00. The number of nitro benzene ring substituents is 1. The van der Waals surface area contributed by atoms with Gasteiger partial charge >= 0.3 is 0 Å². The predicted molar refractivity (Wildman–Crippen MR) is 80.8 cm³/mol. The number of ether oxygens (including phenoxy) is 1. The van der Waals surface area contributed by atoms with Crippen molar-refractivity contribution in [1.29, 1.82) is 0 Å². The first-order valence-corrected chi connectivity index (χ1v) is 7.14. The van der Waals surface area contributed by atoms with Gasteiger partial charge in [0.1, 0.15) is 11.4 Å². The smallest absolute Gasteiger partial charge is 0.292 e. The van der Waals surface area contributed by atoms with Crippen LogP contribution >= 0.6 is 11.3 Å². The number of rotatable bonds is 6. The van der Waals surface area contributed by atoms with Crippen LogP contribution in [0.4, 0.5) is 11.4 Å². The minimum atomic E-state index is -0.390. The molecule has 6 heteroatoms. The lowest BCUT2D eigenvalue weighted by atomic mass is 10.1. The maximum Gasteiger partial charge on any atom is 0.292 e. The molecular weight excluding hydrogens is 276 g/mol. The number of benzene rings is 1. The van der Waals surface area contributed by atoms with Crippen molar-refractivity contribution in [3.8, 4) is 5.75 Å². The van der Waals surface area contributed by atoms with E-state index < -0.39 is 0 Å². The van der Waals surface area contributed by atoms with Crippen LogP contribution in [0.5, 0.6) is 5.75 Å². The van der Waals surface area contributed by atoms with Crippen LogP contribution in [0.3, 0.4) is 0 Å².